The Labute approximate surface area is 175 Å². The molecule has 0 saturated carbocycles. The standard InChI is InChI=1S/C21H26N3O5P/c1-3-13-28-30(27,29-14-4-2)21(19-15-22-20-8-6-5-7-18(19)20)23-16-9-11-17(12-10-16)24(25)26/h5-12,15,21-23H,3-4,13-14H2,1-2H3/t21-/m1/s1. The summed E-state index contributed by atoms with van der Waals surface area (Å²) in [5.74, 6) is -0.784. The third kappa shape index (κ3) is 4.90. The van der Waals surface area contributed by atoms with Crippen LogP contribution in [0.3, 0.4) is 0 Å². The van der Waals surface area contributed by atoms with Crippen LogP contribution in [0, 0.1) is 10.1 Å². The summed E-state index contributed by atoms with van der Waals surface area (Å²) in [4.78, 5) is 13.7. The number of H-pyrrole nitrogens is 1. The van der Waals surface area contributed by atoms with Crippen molar-refractivity contribution >= 4 is 29.9 Å². The molecule has 0 bridgehead atoms. The quantitative estimate of drug-likeness (QED) is 0.212. The zero-order chi connectivity index (χ0) is 21.6. The molecule has 0 aliphatic rings. The summed E-state index contributed by atoms with van der Waals surface area (Å²) in [7, 11) is -3.62. The maximum atomic E-state index is 13.9. The number of para-hydroxylation sites is 1. The molecular formula is C21H26N3O5P. The van der Waals surface area contributed by atoms with Crippen LogP contribution < -0.4 is 5.32 Å². The third-order valence-corrected chi connectivity index (χ3v) is 6.69. The number of benzene rings is 2. The number of nitro groups is 1. The second-order valence-electron chi connectivity index (χ2n) is 6.85. The molecule has 0 amide bonds. The fourth-order valence-corrected chi connectivity index (χ4v) is 5.22. The van der Waals surface area contributed by atoms with Gasteiger partial charge in [0.1, 0.15) is 0 Å². The number of aromatic amines is 1. The van der Waals surface area contributed by atoms with E-state index in [1.54, 1.807) is 18.3 Å². The van der Waals surface area contributed by atoms with Crippen molar-refractivity contribution in [1.29, 1.82) is 0 Å². The molecule has 9 heteroatoms. The summed E-state index contributed by atoms with van der Waals surface area (Å²) in [5.41, 5.74) is 2.22. The predicted octanol–water partition coefficient (Wildman–Crippen LogP) is 6.23. The van der Waals surface area contributed by atoms with Crippen LogP contribution in [-0.2, 0) is 13.6 Å². The minimum atomic E-state index is -3.62. The van der Waals surface area contributed by atoms with Crippen LogP contribution in [0.5, 0.6) is 0 Å². The van der Waals surface area contributed by atoms with E-state index < -0.39 is 18.3 Å². The van der Waals surface area contributed by atoms with Gasteiger partial charge in [-0.2, -0.15) is 0 Å². The Morgan fingerprint density at radius 1 is 1.07 bits per heavy atom. The monoisotopic (exact) mass is 431 g/mol. The van der Waals surface area contributed by atoms with Crippen molar-refractivity contribution in [1.82, 2.24) is 4.98 Å². The lowest BCUT2D eigenvalue weighted by Crippen LogP contribution is -2.15. The highest BCUT2D eigenvalue weighted by Crippen LogP contribution is 2.61. The van der Waals surface area contributed by atoms with Crippen LogP contribution in [0.15, 0.2) is 54.7 Å². The molecule has 0 spiro atoms. The topological polar surface area (TPSA) is 106 Å². The Kier molecular flexibility index (Phi) is 7.26. The van der Waals surface area contributed by atoms with Gasteiger partial charge in [0, 0.05) is 40.5 Å². The van der Waals surface area contributed by atoms with Crippen molar-refractivity contribution in [3.05, 3.63) is 70.4 Å². The van der Waals surface area contributed by atoms with Crippen LogP contribution in [0.2, 0.25) is 0 Å². The zero-order valence-corrected chi connectivity index (χ0v) is 17.9. The van der Waals surface area contributed by atoms with Gasteiger partial charge < -0.3 is 19.3 Å². The van der Waals surface area contributed by atoms with Crippen LogP contribution in [0.1, 0.15) is 38.0 Å². The summed E-state index contributed by atoms with van der Waals surface area (Å²) >= 11 is 0. The summed E-state index contributed by atoms with van der Waals surface area (Å²) in [6.07, 6.45) is 3.18. The molecule has 30 heavy (non-hydrogen) atoms. The number of nitrogens with one attached hydrogen (secondary N) is 2. The van der Waals surface area contributed by atoms with Crippen molar-refractivity contribution in [2.75, 3.05) is 18.5 Å². The molecule has 0 aliphatic heterocycles. The average molecular weight is 431 g/mol. The number of aromatic nitrogens is 1. The Morgan fingerprint density at radius 2 is 1.70 bits per heavy atom. The number of hydrogen-bond donors (Lipinski definition) is 2. The Hall–Kier alpha value is -2.67. The molecule has 2 aromatic carbocycles. The van der Waals surface area contributed by atoms with E-state index in [9.17, 15) is 14.7 Å². The number of hydrogen-bond acceptors (Lipinski definition) is 6. The summed E-state index contributed by atoms with van der Waals surface area (Å²) in [5, 5.41) is 15.1. The second-order valence-corrected chi connectivity index (χ2v) is 8.96. The number of fused-ring (bicyclic) bond motifs is 1. The lowest BCUT2D eigenvalue weighted by atomic mass is 10.1. The number of nitro benzene ring substituents is 1. The number of nitrogens with zero attached hydrogens (tertiary/aromatic N) is 1. The van der Waals surface area contributed by atoms with E-state index in [1.165, 1.54) is 12.1 Å². The lowest BCUT2D eigenvalue weighted by molar-refractivity contribution is -0.384. The van der Waals surface area contributed by atoms with Crippen molar-refractivity contribution < 1.29 is 18.5 Å². The summed E-state index contributed by atoms with van der Waals surface area (Å²) in [6.45, 7) is 4.47. The van der Waals surface area contributed by atoms with E-state index in [0.717, 1.165) is 16.5 Å². The summed E-state index contributed by atoms with van der Waals surface area (Å²) < 4.78 is 25.5. The average Bonchev–Trinajstić information content (AvgIpc) is 3.18. The van der Waals surface area contributed by atoms with Crippen molar-refractivity contribution in [2.24, 2.45) is 0 Å². The maximum Gasteiger partial charge on any atom is 0.357 e. The van der Waals surface area contributed by atoms with Crippen molar-refractivity contribution in [3.63, 3.8) is 0 Å². The van der Waals surface area contributed by atoms with Crippen LogP contribution in [-0.4, -0.2) is 23.1 Å². The van der Waals surface area contributed by atoms with Gasteiger partial charge in [-0.1, -0.05) is 32.0 Å². The van der Waals surface area contributed by atoms with E-state index in [2.05, 4.69) is 10.3 Å². The highest BCUT2D eigenvalue weighted by Gasteiger charge is 2.39. The van der Waals surface area contributed by atoms with Gasteiger partial charge >= 0.3 is 7.60 Å². The fourth-order valence-electron chi connectivity index (χ4n) is 3.11. The van der Waals surface area contributed by atoms with Crippen LogP contribution in [0.4, 0.5) is 11.4 Å². The maximum absolute atomic E-state index is 13.9. The molecule has 0 unspecified atom stereocenters. The SMILES string of the molecule is CCCOP(=O)(OCCC)[C@@H](Nc1ccc([N+](=O)[O-])cc1)c1c[nH]c2ccccc12. The predicted molar refractivity (Wildman–Crippen MR) is 118 cm³/mol. The first-order valence-electron chi connectivity index (χ1n) is 9.94. The van der Waals surface area contributed by atoms with E-state index >= 15 is 0 Å². The second kappa shape index (κ2) is 9.89. The Morgan fingerprint density at radius 3 is 2.30 bits per heavy atom. The van der Waals surface area contributed by atoms with Gasteiger partial charge in [-0.15, -0.1) is 0 Å². The van der Waals surface area contributed by atoms with Gasteiger partial charge in [0.25, 0.3) is 5.69 Å². The summed E-state index contributed by atoms with van der Waals surface area (Å²) in [6, 6.07) is 13.7. The lowest BCUT2D eigenvalue weighted by Gasteiger charge is -2.28. The smallest absolute Gasteiger partial charge is 0.357 e. The molecule has 0 fully saturated rings. The molecule has 1 heterocycles. The van der Waals surface area contributed by atoms with Gasteiger partial charge in [-0.05, 0) is 31.0 Å². The van der Waals surface area contributed by atoms with E-state index in [-0.39, 0.29) is 5.69 Å². The third-order valence-electron chi connectivity index (χ3n) is 4.56. The van der Waals surface area contributed by atoms with Crippen LogP contribution in [0.25, 0.3) is 10.9 Å². The van der Waals surface area contributed by atoms with Gasteiger partial charge in [0.05, 0.1) is 18.1 Å². The van der Waals surface area contributed by atoms with Crippen molar-refractivity contribution in [3.8, 4) is 0 Å². The minimum Gasteiger partial charge on any atom is -0.368 e. The Balaban J connectivity index is 2.04. The van der Waals surface area contributed by atoms with Gasteiger partial charge in [-0.3, -0.25) is 14.7 Å². The van der Waals surface area contributed by atoms with Crippen LogP contribution >= 0.6 is 7.60 Å². The molecule has 3 aromatic rings. The van der Waals surface area contributed by atoms with Gasteiger partial charge in [0.2, 0.25) is 0 Å². The largest absolute Gasteiger partial charge is 0.368 e. The number of non-ortho nitro benzene ring substituents is 1. The highest BCUT2D eigenvalue weighted by atomic mass is 31.2. The molecule has 0 saturated heterocycles. The Bertz CT molecular complexity index is 1020. The number of anilines is 1. The first-order chi connectivity index (χ1) is 14.5. The van der Waals surface area contributed by atoms with Crippen molar-refractivity contribution in [2.45, 2.75) is 32.5 Å². The van der Waals surface area contributed by atoms with Gasteiger partial charge in [0.15, 0.2) is 5.78 Å². The molecule has 1 aromatic heterocycles. The first kappa shape index (κ1) is 22.0. The molecular weight excluding hydrogens is 405 g/mol. The highest BCUT2D eigenvalue weighted by molar-refractivity contribution is 7.54. The first-order valence-corrected chi connectivity index (χ1v) is 11.6. The van der Waals surface area contributed by atoms with E-state index in [0.29, 0.717) is 31.7 Å². The van der Waals surface area contributed by atoms with E-state index in [4.69, 9.17) is 9.05 Å². The minimum absolute atomic E-state index is 0.0168. The number of rotatable bonds is 11. The zero-order valence-electron chi connectivity index (χ0n) is 17.0. The molecule has 0 radical (unpaired) electrons. The molecule has 2 N–H and O–H groups in total. The molecule has 0 aliphatic carbocycles. The fraction of sp³-hybridized carbons (Fsp3) is 0.333. The van der Waals surface area contributed by atoms with Gasteiger partial charge in [-0.25, -0.2) is 0 Å². The molecule has 160 valence electrons. The van der Waals surface area contributed by atoms with E-state index in [1.807, 2.05) is 38.1 Å². The normalized spacial score (nSPS) is 12.7. The molecule has 3 rings (SSSR count). The molecule has 8 nitrogen and oxygen atoms in total. The molecule has 1 atom stereocenters.